The molecule has 1 N–H and O–H groups in total. The van der Waals surface area contributed by atoms with E-state index < -0.39 is 18.0 Å². The van der Waals surface area contributed by atoms with Gasteiger partial charge in [-0.15, -0.1) is 0 Å². The van der Waals surface area contributed by atoms with Gasteiger partial charge in [-0.05, 0) is 36.8 Å². The van der Waals surface area contributed by atoms with Crippen LogP contribution in [0.2, 0.25) is 10.0 Å². The summed E-state index contributed by atoms with van der Waals surface area (Å²) >= 11 is 11.8. The molecule has 25 heavy (non-hydrogen) atoms. The summed E-state index contributed by atoms with van der Waals surface area (Å²) in [7, 11) is 0. The maximum atomic E-state index is 12.0. The number of carbonyl (C=O) groups excluding carboxylic acids is 2. The molecule has 0 saturated heterocycles. The molecule has 1 amide bonds. The van der Waals surface area contributed by atoms with Crippen LogP contribution < -0.4 is 10.1 Å². The number of esters is 1. The monoisotopic (exact) mass is 381 g/mol. The Morgan fingerprint density at radius 2 is 1.88 bits per heavy atom. The molecule has 0 fully saturated rings. The number of ether oxygens (including phenoxy) is 2. The van der Waals surface area contributed by atoms with Crippen molar-refractivity contribution in [1.29, 1.82) is 0 Å². The molecule has 2 aromatic rings. The van der Waals surface area contributed by atoms with Crippen molar-refractivity contribution in [3.8, 4) is 5.75 Å². The van der Waals surface area contributed by atoms with Crippen LogP contribution >= 0.6 is 23.2 Å². The van der Waals surface area contributed by atoms with Crippen LogP contribution in [-0.2, 0) is 20.9 Å². The summed E-state index contributed by atoms with van der Waals surface area (Å²) in [4.78, 5) is 23.8. The second-order valence-corrected chi connectivity index (χ2v) is 6.03. The fraction of sp³-hybridized carbons (Fsp3) is 0.222. The quantitative estimate of drug-likeness (QED) is 0.743. The number of carbonyl (C=O) groups is 2. The first kappa shape index (κ1) is 19.1. The number of hydrogen-bond acceptors (Lipinski definition) is 4. The van der Waals surface area contributed by atoms with E-state index in [1.807, 2.05) is 6.07 Å². The van der Waals surface area contributed by atoms with Crippen molar-refractivity contribution in [1.82, 2.24) is 5.32 Å². The molecule has 132 valence electrons. The van der Waals surface area contributed by atoms with Gasteiger partial charge in [0.15, 0.2) is 12.7 Å². The Balaban J connectivity index is 1.76. The molecule has 0 unspecified atom stereocenters. The van der Waals surface area contributed by atoms with Crippen molar-refractivity contribution >= 4 is 35.1 Å². The lowest BCUT2D eigenvalue weighted by atomic mass is 10.2. The highest BCUT2D eigenvalue weighted by atomic mass is 35.5. The molecule has 5 nitrogen and oxygen atoms in total. The first-order valence-electron chi connectivity index (χ1n) is 7.54. The summed E-state index contributed by atoms with van der Waals surface area (Å²) in [6.07, 6.45) is -0.946. The average molecular weight is 382 g/mol. The molecule has 0 bridgehead atoms. The van der Waals surface area contributed by atoms with Gasteiger partial charge < -0.3 is 14.8 Å². The third kappa shape index (κ3) is 6.29. The maximum Gasteiger partial charge on any atom is 0.344 e. The topological polar surface area (TPSA) is 64.6 Å². The number of halogens is 2. The maximum absolute atomic E-state index is 12.0. The van der Waals surface area contributed by atoms with Gasteiger partial charge in [0.05, 0.1) is 0 Å². The zero-order valence-electron chi connectivity index (χ0n) is 13.5. The molecule has 0 aromatic heterocycles. The molecule has 0 spiro atoms. The van der Waals surface area contributed by atoms with Crippen molar-refractivity contribution in [3.63, 3.8) is 0 Å². The average Bonchev–Trinajstić information content (AvgIpc) is 2.59. The van der Waals surface area contributed by atoms with Crippen LogP contribution in [0.25, 0.3) is 0 Å². The fourth-order valence-electron chi connectivity index (χ4n) is 1.95. The van der Waals surface area contributed by atoms with Gasteiger partial charge in [0, 0.05) is 16.6 Å². The molecular weight excluding hydrogens is 365 g/mol. The normalized spacial score (nSPS) is 11.5. The van der Waals surface area contributed by atoms with Gasteiger partial charge in [-0.3, -0.25) is 4.79 Å². The molecule has 1 atom stereocenters. The fourth-order valence-corrected chi connectivity index (χ4v) is 2.33. The van der Waals surface area contributed by atoms with Gasteiger partial charge in [-0.2, -0.15) is 0 Å². The summed E-state index contributed by atoms with van der Waals surface area (Å²) in [5.41, 5.74) is 0.778. The Hall–Kier alpha value is -2.24. The first-order valence-corrected chi connectivity index (χ1v) is 8.30. The number of hydrogen-bond donors (Lipinski definition) is 1. The summed E-state index contributed by atoms with van der Waals surface area (Å²) in [6.45, 7) is 1.42. The van der Waals surface area contributed by atoms with E-state index in [2.05, 4.69) is 5.32 Å². The number of benzene rings is 2. The Morgan fingerprint density at radius 3 is 2.60 bits per heavy atom. The van der Waals surface area contributed by atoms with Crippen LogP contribution in [0.3, 0.4) is 0 Å². The highest BCUT2D eigenvalue weighted by Gasteiger charge is 2.18. The van der Waals surface area contributed by atoms with Crippen LogP contribution in [-0.4, -0.2) is 24.6 Å². The molecule has 0 heterocycles. The van der Waals surface area contributed by atoms with Crippen molar-refractivity contribution in [2.75, 3.05) is 6.61 Å². The van der Waals surface area contributed by atoms with Crippen LogP contribution in [0.1, 0.15) is 12.5 Å². The third-order valence-corrected chi connectivity index (χ3v) is 3.84. The van der Waals surface area contributed by atoms with Gasteiger partial charge in [0.25, 0.3) is 5.91 Å². The van der Waals surface area contributed by atoms with E-state index in [1.54, 1.807) is 42.5 Å². The van der Waals surface area contributed by atoms with E-state index >= 15 is 0 Å². The van der Waals surface area contributed by atoms with Gasteiger partial charge >= 0.3 is 5.97 Å². The minimum absolute atomic E-state index is 0.249. The number of amides is 1. The second kappa shape index (κ2) is 9.30. The van der Waals surface area contributed by atoms with E-state index in [0.29, 0.717) is 15.8 Å². The van der Waals surface area contributed by atoms with Crippen molar-refractivity contribution < 1.29 is 19.1 Å². The standard InChI is InChI=1S/C18H17Cl2NO4/c1-12(18(23)21-10-13-5-2-3-8-16(13)20)25-17(22)11-24-15-7-4-6-14(19)9-15/h2-9,12H,10-11H2,1H3,(H,21,23)/t12-/m1/s1. The first-order chi connectivity index (χ1) is 12.0. The Kier molecular flexibility index (Phi) is 7.10. The van der Waals surface area contributed by atoms with Crippen molar-refractivity contribution in [2.24, 2.45) is 0 Å². The van der Waals surface area contributed by atoms with Crippen LogP contribution in [0, 0.1) is 0 Å². The van der Waals surface area contributed by atoms with E-state index in [9.17, 15) is 9.59 Å². The predicted octanol–water partition coefficient (Wildman–Crippen LogP) is 3.62. The molecule has 0 radical (unpaired) electrons. The summed E-state index contributed by atoms with van der Waals surface area (Å²) < 4.78 is 10.3. The predicted molar refractivity (Wildman–Crippen MR) is 95.8 cm³/mol. The molecule has 2 rings (SSSR count). The van der Waals surface area contributed by atoms with E-state index in [-0.39, 0.29) is 13.2 Å². The smallest absolute Gasteiger partial charge is 0.344 e. The van der Waals surface area contributed by atoms with E-state index in [4.69, 9.17) is 32.7 Å². The Morgan fingerprint density at radius 1 is 1.12 bits per heavy atom. The minimum Gasteiger partial charge on any atom is -0.482 e. The van der Waals surface area contributed by atoms with E-state index in [0.717, 1.165) is 5.56 Å². The zero-order chi connectivity index (χ0) is 18.2. The van der Waals surface area contributed by atoms with Gasteiger partial charge in [-0.1, -0.05) is 47.5 Å². The van der Waals surface area contributed by atoms with Crippen LogP contribution in [0.5, 0.6) is 5.75 Å². The summed E-state index contributed by atoms with van der Waals surface area (Å²) in [5, 5.41) is 3.72. The minimum atomic E-state index is -0.946. The van der Waals surface area contributed by atoms with Gasteiger partial charge in [-0.25, -0.2) is 4.79 Å². The molecule has 2 aromatic carbocycles. The lowest BCUT2D eigenvalue weighted by molar-refractivity contribution is -0.156. The van der Waals surface area contributed by atoms with Crippen LogP contribution in [0.4, 0.5) is 0 Å². The Labute approximate surface area is 155 Å². The lowest BCUT2D eigenvalue weighted by Gasteiger charge is -2.14. The largest absolute Gasteiger partial charge is 0.482 e. The highest BCUT2D eigenvalue weighted by molar-refractivity contribution is 6.31. The lowest BCUT2D eigenvalue weighted by Crippen LogP contribution is -2.36. The molecular formula is C18H17Cl2NO4. The SMILES string of the molecule is C[C@@H](OC(=O)COc1cccc(Cl)c1)C(=O)NCc1ccccc1Cl. The van der Waals surface area contributed by atoms with Crippen molar-refractivity contribution in [3.05, 3.63) is 64.1 Å². The molecule has 0 saturated carbocycles. The van der Waals surface area contributed by atoms with E-state index in [1.165, 1.54) is 6.92 Å². The summed E-state index contributed by atoms with van der Waals surface area (Å²) in [6, 6.07) is 13.8. The molecule has 0 aliphatic carbocycles. The van der Waals surface area contributed by atoms with Crippen molar-refractivity contribution in [2.45, 2.75) is 19.6 Å². The number of rotatable bonds is 7. The highest BCUT2D eigenvalue weighted by Crippen LogP contribution is 2.17. The third-order valence-electron chi connectivity index (χ3n) is 3.24. The zero-order valence-corrected chi connectivity index (χ0v) is 15.0. The molecule has 7 heteroatoms. The molecule has 0 aliphatic rings. The molecule has 0 aliphatic heterocycles. The number of nitrogens with one attached hydrogen (secondary N) is 1. The van der Waals surface area contributed by atoms with Gasteiger partial charge in [0.1, 0.15) is 5.75 Å². The van der Waals surface area contributed by atoms with Gasteiger partial charge in [0.2, 0.25) is 0 Å². The second-order valence-electron chi connectivity index (χ2n) is 5.19. The summed E-state index contributed by atoms with van der Waals surface area (Å²) in [5.74, 6) is -0.628. The Bertz CT molecular complexity index is 751. The van der Waals surface area contributed by atoms with Crippen LogP contribution in [0.15, 0.2) is 48.5 Å².